The Kier molecular flexibility index (Phi) is 4.02. The predicted octanol–water partition coefficient (Wildman–Crippen LogP) is 2.23. The Morgan fingerprint density at radius 3 is 2.57 bits per heavy atom. The molecule has 1 aromatic rings. The van der Waals surface area contributed by atoms with E-state index in [0.29, 0.717) is 12.0 Å². The molecule has 5 heteroatoms. The first-order chi connectivity index (χ1) is 10.1. The van der Waals surface area contributed by atoms with Gasteiger partial charge in [0.2, 0.25) is 0 Å². The van der Waals surface area contributed by atoms with Gasteiger partial charge in [0, 0.05) is 37.7 Å². The summed E-state index contributed by atoms with van der Waals surface area (Å²) in [5, 5.41) is 3.24. The van der Waals surface area contributed by atoms with E-state index in [1.54, 1.807) is 0 Å². The zero-order valence-electron chi connectivity index (χ0n) is 13.7. The number of piperidine rings is 1. The fourth-order valence-electron chi connectivity index (χ4n) is 3.17. The second kappa shape index (κ2) is 5.79. The van der Waals surface area contributed by atoms with Gasteiger partial charge in [-0.05, 0) is 46.7 Å². The zero-order valence-corrected chi connectivity index (χ0v) is 13.7. The average Bonchev–Trinajstić information content (AvgIpc) is 3.32. The van der Waals surface area contributed by atoms with E-state index in [1.807, 2.05) is 7.05 Å². The molecule has 1 saturated carbocycles. The van der Waals surface area contributed by atoms with Crippen molar-refractivity contribution in [2.75, 3.05) is 44.4 Å². The lowest BCUT2D eigenvalue weighted by Crippen LogP contribution is -2.45. The van der Waals surface area contributed by atoms with E-state index in [-0.39, 0.29) is 0 Å². The van der Waals surface area contributed by atoms with Crippen LogP contribution in [0.2, 0.25) is 0 Å². The zero-order chi connectivity index (χ0) is 15.0. The van der Waals surface area contributed by atoms with Gasteiger partial charge >= 0.3 is 0 Å². The minimum atomic E-state index is 0.589. The standard InChI is InChI=1S/C16H27N5/c1-11-14(17-2)18-15(12-7-8-12)19-16(11)21-9-5-6-13(10-21)20(3)4/h12-13H,5-10H2,1-4H3,(H,17,18,19). The van der Waals surface area contributed by atoms with E-state index in [2.05, 4.69) is 36.1 Å². The SMILES string of the molecule is CNc1nc(C2CC2)nc(N2CCCC(N(C)C)C2)c1C. The number of nitrogens with one attached hydrogen (secondary N) is 1. The third kappa shape index (κ3) is 2.98. The van der Waals surface area contributed by atoms with Gasteiger partial charge in [-0.2, -0.15) is 0 Å². The first-order valence-corrected chi connectivity index (χ1v) is 8.07. The van der Waals surface area contributed by atoms with Crippen molar-refractivity contribution < 1.29 is 0 Å². The topological polar surface area (TPSA) is 44.3 Å². The van der Waals surface area contributed by atoms with Crippen LogP contribution < -0.4 is 10.2 Å². The Balaban J connectivity index is 1.90. The van der Waals surface area contributed by atoms with Crippen LogP contribution in [0.25, 0.3) is 0 Å². The fourth-order valence-corrected chi connectivity index (χ4v) is 3.17. The molecule has 5 nitrogen and oxygen atoms in total. The van der Waals surface area contributed by atoms with Gasteiger partial charge in [0.1, 0.15) is 17.5 Å². The second-order valence-corrected chi connectivity index (χ2v) is 6.61. The van der Waals surface area contributed by atoms with Gasteiger partial charge in [0.25, 0.3) is 0 Å². The number of anilines is 2. The maximum Gasteiger partial charge on any atom is 0.137 e. The van der Waals surface area contributed by atoms with E-state index in [9.17, 15) is 0 Å². The highest BCUT2D eigenvalue weighted by Gasteiger charge is 2.30. The van der Waals surface area contributed by atoms with Crippen LogP contribution in [0.15, 0.2) is 0 Å². The van der Waals surface area contributed by atoms with Gasteiger partial charge in [0.05, 0.1) is 0 Å². The second-order valence-electron chi connectivity index (χ2n) is 6.61. The molecule has 0 bridgehead atoms. The first-order valence-electron chi connectivity index (χ1n) is 8.07. The molecule has 2 heterocycles. The Morgan fingerprint density at radius 1 is 1.19 bits per heavy atom. The maximum atomic E-state index is 4.92. The van der Waals surface area contributed by atoms with Crippen LogP contribution in [-0.2, 0) is 0 Å². The predicted molar refractivity (Wildman–Crippen MR) is 87.2 cm³/mol. The fraction of sp³-hybridized carbons (Fsp3) is 0.750. The molecule has 21 heavy (non-hydrogen) atoms. The minimum absolute atomic E-state index is 0.589. The molecule has 1 unspecified atom stereocenters. The van der Waals surface area contributed by atoms with Crippen molar-refractivity contribution in [2.45, 2.75) is 44.6 Å². The molecule has 2 fully saturated rings. The van der Waals surface area contributed by atoms with Gasteiger partial charge < -0.3 is 15.1 Å². The third-order valence-corrected chi connectivity index (χ3v) is 4.74. The van der Waals surface area contributed by atoms with Crippen molar-refractivity contribution in [2.24, 2.45) is 0 Å². The van der Waals surface area contributed by atoms with E-state index >= 15 is 0 Å². The monoisotopic (exact) mass is 289 g/mol. The number of likely N-dealkylation sites (N-methyl/N-ethyl adjacent to an activating group) is 1. The van der Waals surface area contributed by atoms with Gasteiger partial charge in [-0.3, -0.25) is 0 Å². The molecule has 0 aromatic carbocycles. The van der Waals surface area contributed by atoms with Crippen molar-refractivity contribution >= 4 is 11.6 Å². The van der Waals surface area contributed by atoms with Crippen LogP contribution in [0.1, 0.15) is 43.0 Å². The summed E-state index contributed by atoms with van der Waals surface area (Å²) in [5.74, 6) is 3.76. The minimum Gasteiger partial charge on any atom is -0.373 e. The maximum absolute atomic E-state index is 4.92. The first kappa shape index (κ1) is 14.6. The Bertz CT molecular complexity index is 510. The molecule has 0 spiro atoms. The molecule has 0 radical (unpaired) electrons. The van der Waals surface area contributed by atoms with Gasteiger partial charge in [-0.1, -0.05) is 0 Å². The summed E-state index contributed by atoms with van der Waals surface area (Å²) in [6, 6.07) is 0.621. The number of hydrogen-bond donors (Lipinski definition) is 1. The molecule has 1 aliphatic heterocycles. The molecule has 1 N–H and O–H groups in total. The lowest BCUT2D eigenvalue weighted by Gasteiger charge is -2.37. The molecule has 0 amide bonds. The number of nitrogens with zero attached hydrogens (tertiary/aromatic N) is 4. The Labute approximate surface area is 127 Å². The Morgan fingerprint density at radius 2 is 1.95 bits per heavy atom. The molecule has 1 saturated heterocycles. The van der Waals surface area contributed by atoms with Crippen molar-refractivity contribution in [1.82, 2.24) is 14.9 Å². The summed E-state index contributed by atoms with van der Waals surface area (Å²) in [5.41, 5.74) is 1.18. The Hall–Kier alpha value is -1.36. The summed E-state index contributed by atoms with van der Waals surface area (Å²) in [4.78, 5) is 14.4. The van der Waals surface area contributed by atoms with E-state index < -0.39 is 0 Å². The molecule has 116 valence electrons. The summed E-state index contributed by atoms with van der Waals surface area (Å²) in [7, 11) is 6.31. The van der Waals surface area contributed by atoms with Gasteiger partial charge in [-0.15, -0.1) is 0 Å². The highest BCUT2D eigenvalue weighted by Crippen LogP contribution is 2.40. The quantitative estimate of drug-likeness (QED) is 0.921. The summed E-state index contributed by atoms with van der Waals surface area (Å²) in [6.45, 7) is 4.31. The number of hydrogen-bond acceptors (Lipinski definition) is 5. The van der Waals surface area contributed by atoms with Crippen LogP contribution in [0.5, 0.6) is 0 Å². The van der Waals surface area contributed by atoms with Crippen LogP contribution in [0.3, 0.4) is 0 Å². The highest BCUT2D eigenvalue weighted by atomic mass is 15.3. The van der Waals surface area contributed by atoms with Crippen molar-refractivity contribution in [3.63, 3.8) is 0 Å². The third-order valence-electron chi connectivity index (χ3n) is 4.74. The summed E-state index contributed by atoms with van der Waals surface area (Å²) < 4.78 is 0. The van der Waals surface area contributed by atoms with Crippen LogP contribution in [0.4, 0.5) is 11.6 Å². The molecule has 1 aromatic heterocycles. The molecule has 2 aliphatic rings. The number of rotatable bonds is 4. The van der Waals surface area contributed by atoms with Crippen molar-refractivity contribution in [3.8, 4) is 0 Å². The normalized spacial score (nSPS) is 22.7. The van der Waals surface area contributed by atoms with Crippen LogP contribution >= 0.6 is 0 Å². The van der Waals surface area contributed by atoms with E-state index in [1.165, 1.54) is 31.2 Å². The van der Waals surface area contributed by atoms with Gasteiger partial charge in [-0.25, -0.2) is 9.97 Å². The van der Waals surface area contributed by atoms with Crippen molar-refractivity contribution in [1.29, 1.82) is 0 Å². The molecular formula is C16H27N5. The smallest absolute Gasteiger partial charge is 0.137 e. The van der Waals surface area contributed by atoms with Gasteiger partial charge in [0.15, 0.2) is 0 Å². The molecule has 3 rings (SSSR count). The lowest BCUT2D eigenvalue weighted by atomic mass is 10.0. The summed E-state index contributed by atoms with van der Waals surface area (Å²) >= 11 is 0. The molecule has 1 aliphatic carbocycles. The van der Waals surface area contributed by atoms with Crippen LogP contribution in [-0.4, -0.2) is 55.1 Å². The number of aromatic nitrogens is 2. The largest absolute Gasteiger partial charge is 0.373 e. The lowest BCUT2D eigenvalue weighted by molar-refractivity contribution is 0.257. The average molecular weight is 289 g/mol. The van der Waals surface area contributed by atoms with E-state index in [0.717, 1.165) is 30.5 Å². The van der Waals surface area contributed by atoms with Crippen molar-refractivity contribution in [3.05, 3.63) is 11.4 Å². The highest BCUT2D eigenvalue weighted by molar-refractivity contribution is 5.59. The summed E-state index contributed by atoms with van der Waals surface area (Å²) in [6.07, 6.45) is 5.00. The van der Waals surface area contributed by atoms with Crippen LogP contribution in [0, 0.1) is 6.92 Å². The molecular weight excluding hydrogens is 262 g/mol. The molecule has 1 atom stereocenters. The van der Waals surface area contributed by atoms with E-state index in [4.69, 9.17) is 9.97 Å².